The Bertz CT molecular complexity index is 1190. The standard InChI is InChI=1S/C16H18N2O3.C13H19NO/c1-3-21-16(20)10-13-5-4-6-14(9-13)11-18-15(19)8-7-12(2)17-18;1-11-6-5-7-12(10-11)13(15)8-3-2-4-9-14/h4-9H,3,10-11H2,1-2H3;5-7,10H,2-4,8-9,14H2,1H3. The Hall–Kier alpha value is -3.58. The number of nitrogens with zero attached hydrogens (tertiary/aromatic N) is 2. The van der Waals surface area contributed by atoms with Crippen molar-refractivity contribution in [2.75, 3.05) is 13.2 Å². The van der Waals surface area contributed by atoms with Crippen molar-refractivity contribution < 1.29 is 14.3 Å². The molecule has 0 spiro atoms. The van der Waals surface area contributed by atoms with E-state index in [1.807, 2.05) is 62.4 Å². The van der Waals surface area contributed by atoms with Gasteiger partial charge in [0.15, 0.2) is 5.78 Å². The summed E-state index contributed by atoms with van der Waals surface area (Å²) >= 11 is 0. The number of Topliss-reactive ketones (excluding diaryl/α,β-unsaturated/α-hetero) is 1. The number of aromatic nitrogens is 2. The maximum Gasteiger partial charge on any atom is 0.310 e. The van der Waals surface area contributed by atoms with E-state index in [0.717, 1.165) is 53.8 Å². The molecule has 0 radical (unpaired) electrons. The monoisotopic (exact) mass is 491 g/mol. The fraction of sp³-hybridized carbons (Fsp3) is 0.379. The fourth-order valence-corrected chi connectivity index (χ4v) is 3.62. The van der Waals surface area contributed by atoms with Crippen LogP contribution in [0.15, 0.2) is 65.5 Å². The fourth-order valence-electron chi connectivity index (χ4n) is 3.62. The highest BCUT2D eigenvalue weighted by Crippen LogP contribution is 2.10. The Morgan fingerprint density at radius 1 is 0.944 bits per heavy atom. The third kappa shape index (κ3) is 10.4. The van der Waals surface area contributed by atoms with E-state index in [4.69, 9.17) is 10.5 Å². The molecule has 0 bridgehead atoms. The molecule has 36 heavy (non-hydrogen) atoms. The number of unbranched alkanes of at least 4 members (excludes halogenated alkanes) is 2. The summed E-state index contributed by atoms with van der Waals surface area (Å²) in [5, 5.41) is 4.20. The van der Waals surface area contributed by atoms with E-state index in [-0.39, 0.29) is 23.7 Å². The second-order valence-corrected chi connectivity index (χ2v) is 8.66. The van der Waals surface area contributed by atoms with E-state index >= 15 is 0 Å². The van der Waals surface area contributed by atoms with Crippen molar-refractivity contribution in [2.45, 2.75) is 59.4 Å². The average Bonchev–Trinajstić information content (AvgIpc) is 2.85. The molecule has 0 amide bonds. The first-order valence-electron chi connectivity index (χ1n) is 12.4. The maximum atomic E-state index is 11.7. The van der Waals surface area contributed by atoms with Gasteiger partial charge in [-0.25, -0.2) is 4.68 Å². The molecule has 2 N–H and O–H groups in total. The molecule has 1 heterocycles. The largest absolute Gasteiger partial charge is 0.466 e. The van der Waals surface area contributed by atoms with Gasteiger partial charge in [-0.2, -0.15) is 5.10 Å². The molecule has 0 atom stereocenters. The maximum absolute atomic E-state index is 11.7. The molecule has 1 aromatic heterocycles. The first-order chi connectivity index (χ1) is 17.3. The van der Waals surface area contributed by atoms with Gasteiger partial charge in [-0.1, -0.05) is 54.4 Å². The van der Waals surface area contributed by atoms with Crippen LogP contribution in [-0.2, 0) is 22.5 Å². The number of rotatable bonds is 11. The second-order valence-electron chi connectivity index (χ2n) is 8.66. The summed E-state index contributed by atoms with van der Waals surface area (Å²) in [6.45, 7) is 7.11. The number of aryl methyl sites for hydroxylation is 2. The Morgan fingerprint density at radius 3 is 2.42 bits per heavy atom. The summed E-state index contributed by atoms with van der Waals surface area (Å²) in [6.07, 6.45) is 3.89. The van der Waals surface area contributed by atoms with Gasteiger partial charge in [-0.3, -0.25) is 14.4 Å². The van der Waals surface area contributed by atoms with Gasteiger partial charge in [-0.15, -0.1) is 0 Å². The van der Waals surface area contributed by atoms with Crippen LogP contribution in [0.5, 0.6) is 0 Å². The van der Waals surface area contributed by atoms with Crippen LogP contribution < -0.4 is 11.3 Å². The van der Waals surface area contributed by atoms with Crippen LogP contribution in [0.25, 0.3) is 0 Å². The average molecular weight is 492 g/mol. The van der Waals surface area contributed by atoms with E-state index in [1.165, 1.54) is 10.7 Å². The minimum absolute atomic E-state index is 0.142. The highest BCUT2D eigenvalue weighted by molar-refractivity contribution is 5.96. The van der Waals surface area contributed by atoms with Crippen LogP contribution in [0.2, 0.25) is 0 Å². The summed E-state index contributed by atoms with van der Waals surface area (Å²) in [5.41, 5.74) is 9.81. The molecule has 7 heteroatoms. The molecule has 0 saturated carbocycles. The zero-order valence-electron chi connectivity index (χ0n) is 21.5. The van der Waals surface area contributed by atoms with Crippen molar-refractivity contribution in [1.82, 2.24) is 9.78 Å². The number of hydrogen-bond donors (Lipinski definition) is 1. The molecule has 0 saturated heterocycles. The highest BCUT2D eigenvalue weighted by Gasteiger charge is 2.06. The SMILES string of the molecule is CCOC(=O)Cc1cccc(Cn2nc(C)ccc2=O)c1.Cc1cccc(C(=O)CCCCCN)c1. The van der Waals surface area contributed by atoms with Crippen LogP contribution in [0.4, 0.5) is 0 Å². The smallest absolute Gasteiger partial charge is 0.310 e. The summed E-state index contributed by atoms with van der Waals surface area (Å²) in [4.78, 5) is 35.0. The Balaban J connectivity index is 0.000000269. The zero-order chi connectivity index (χ0) is 26.3. The van der Waals surface area contributed by atoms with Crippen molar-refractivity contribution in [2.24, 2.45) is 5.73 Å². The molecule has 192 valence electrons. The number of hydrogen-bond acceptors (Lipinski definition) is 6. The second kappa shape index (κ2) is 15.4. The highest BCUT2D eigenvalue weighted by atomic mass is 16.5. The van der Waals surface area contributed by atoms with Crippen molar-refractivity contribution in [1.29, 1.82) is 0 Å². The van der Waals surface area contributed by atoms with E-state index in [2.05, 4.69) is 5.10 Å². The van der Waals surface area contributed by atoms with Crippen LogP contribution in [0.3, 0.4) is 0 Å². The number of esters is 1. The Kier molecular flexibility index (Phi) is 12.3. The van der Waals surface area contributed by atoms with Gasteiger partial charge >= 0.3 is 5.97 Å². The molecule has 3 rings (SSSR count). The van der Waals surface area contributed by atoms with Crippen molar-refractivity contribution in [3.05, 3.63) is 99.0 Å². The van der Waals surface area contributed by atoms with Gasteiger partial charge in [-0.05, 0) is 63.4 Å². The normalized spacial score (nSPS) is 10.3. The third-order valence-corrected chi connectivity index (χ3v) is 5.43. The van der Waals surface area contributed by atoms with Gasteiger partial charge < -0.3 is 10.5 Å². The van der Waals surface area contributed by atoms with E-state index in [1.54, 1.807) is 13.0 Å². The minimum Gasteiger partial charge on any atom is -0.466 e. The summed E-state index contributed by atoms with van der Waals surface area (Å²) < 4.78 is 6.35. The van der Waals surface area contributed by atoms with E-state index in [9.17, 15) is 14.4 Å². The number of benzene rings is 2. The Labute approximate surface area is 213 Å². The van der Waals surface area contributed by atoms with Crippen molar-refractivity contribution in [3.63, 3.8) is 0 Å². The number of carbonyl (C=O) groups is 2. The molecule has 7 nitrogen and oxygen atoms in total. The molecule has 0 unspecified atom stereocenters. The Morgan fingerprint density at radius 2 is 1.69 bits per heavy atom. The van der Waals surface area contributed by atoms with Crippen molar-refractivity contribution in [3.8, 4) is 0 Å². The van der Waals surface area contributed by atoms with Gasteiger partial charge in [0, 0.05) is 18.1 Å². The zero-order valence-corrected chi connectivity index (χ0v) is 21.5. The van der Waals surface area contributed by atoms with Gasteiger partial charge in [0.25, 0.3) is 5.56 Å². The molecule has 0 fully saturated rings. The van der Waals surface area contributed by atoms with E-state index in [0.29, 0.717) is 19.6 Å². The number of nitrogens with two attached hydrogens (primary N) is 1. The molecule has 0 aliphatic carbocycles. The third-order valence-electron chi connectivity index (χ3n) is 5.43. The van der Waals surface area contributed by atoms with Crippen molar-refractivity contribution >= 4 is 11.8 Å². The predicted molar refractivity (Wildman–Crippen MR) is 142 cm³/mol. The lowest BCUT2D eigenvalue weighted by atomic mass is 10.0. The van der Waals surface area contributed by atoms with Crippen LogP contribution in [0, 0.1) is 13.8 Å². The molecular weight excluding hydrogens is 454 g/mol. The van der Waals surface area contributed by atoms with Crippen LogP contribution >= 0.6 is 0 Å². The van der Waals surface area contributed by atoms with E-state index < -0.39 is 0 Å². The van der Waals surface area contributed by atoms with Gasteiger partial charge in [0.1, 0.15) is 0 Å². The number of carbonyl (C=O) groups excluding carboxylic acids is 2. The first kappa shape index (κ1) is 28.7. The van der Waals surface area contributed by atoms with Gasteiger partial charge in [0.05, 0.1) is 25.3 Å². The summed E-state index contributed by atoms with van der Waals surface area (Å²) in [5.74, 6) is -0.00350. The lowest BCUT2D eigenvalue weighted by Gasteiger charge is -2.07. The first-order valence-corrected chi connectivity index (χ1v) is 12.4. The topological polar surface area (TPSA) is 104 Å². The van der Waals surface area contributed by atoms with Crippen LogP contribution in [-0.4, -0.2) is 34.7 Å². The van der Waals surface area contributed by atoms with Crippen LogP contribution in [0.1, 0.15) is 65.3 Å². The predicted octanol–water partition coefficient (Wildman–Crippen LogP) is 4.40. The molecule has 0 aliphatic rings. The number of ether oxygens (including phenoxy) is 1. The van der Waals surface area contributed by atoms with Gasteiger partial charge in [0.2, 0.25) is 0 Å². The number of ketones is 1. The molecule has 0 aliphatic heterocycles. The minimum atomic E-state index is -0.250. The lowest BCUT2D eigenvalue weighted by Crippen LogP contribution is -2.23. The quantitative estimate of drug-likeness (QED) is 0.242. The lowest BCUT2D eigenvalue weighted by molar-refractivity contribution is -0.142. The summed E-state index contributed by atoms with van der Waals surface area (Å²) in [7, 11) is 0. The molecule has 2 aromatic carbocycles. The molecule has 3 aromatic rings. The summed E-state index contributed by atoms with van der Waals surface area (Å²) in [6, 6.07) is 18.5. The molecular formula is C29H37N3O4.